The molecule has 5 heteroatoms. The molecule has 0 aliphatic heterocycles. The summed E-state index contributed by atoms with van der Waals surface area (Å²) in [5, 5.41) is 0. The number of carbonyl (C=O) groups excluding carboxylic acids is 1. The molecule has 0 saturated carbocycles. The third kappa shape index (κ3) is 2.65. The zero-order valence-electron chi connectivity index (χ0n) is 8.38. The minimum atomic E-state index is -3.03. The van der Waals surface area contributed by atoms with Crippen molar-refractivity contribution in [1.29, 1.82) is 0 Å². The molecule has 0 bridgehead atoms. The second-order valence-electron chi connectivity index (χ2n) is 3.22. The SMILES string of the molecule is COC(=O)c1cc(N)cc(C(C)(F)F)c1. The van der Waals surface area contributed by atoms with E-state index in [0.29, 0.717) is 0 Å². The summed E-state index contributed by atoms with van der Waals surface area (Å²) in [6.07, 6.45) is 0. The molecule has 1 aromatic carbocycles. The first-order valence-electron chi connectivity index (χ1n) is 4.22. The normalized spacial score (nSPS) is 11.2. The van der Waals surface area contributed by atoms with Crippen molar-refractivity contribution in [3.05, 3.63) is 29.3 Å². The second kappa shape index (κ2) is 3.84. The lowest BCUT2D eigenvalue weighted by Gasteiger charge is -2.12. The summed E-state index contributed by atoms with van der Waals surface area (Å²) in [6, 6.07) is 3.50. The summed E-state index contributed by atoms with van der Waals surface area (Å²) in [6.45, 7) is 0.739. The van der Waals surface area contributed by atoms with Crippen LogP contribution in [-0.4, -0.2) is 13.1 Å². The van der Waals surface area contributed by atoms with Gasteiger partial charge in [-0.05, 0) is 18.2 Å². The molecule has 1 rings (SSSR count). The Hall–Kier alpha value is -1.65. The Morgan fingerprint density at radius 3 is 2.47 bits per heavy atom. The van der Waals surface area contributed by atoms with Crippen LogP contribution in [0.2, 0.25) is 0 Å². The Morgan fingerprint density at radius 1 is 1.40 bits per heavy atom. The predicted molar refractivity (Wildman–Crippen MR) is 51.8 cm³/mol. The van der Waals surface area contributed by atoms with Gasteiger partial charge in [-0.2, -0.15) is 0 Å². The largest absolute Gasteiger partial charge is 0.465 e. The molecule has 0 radical (unpaired) electrons. The number of alkyl halides is 2. The molecular weight excluding hydrogens is 204 g/mol. The zero-order chi connectivity index (χ0) is 11.6. The van der Waals surface area contributed by atoms with Crippen LogP contribution in [0.1, 0.15) is 22.8 Å². The number of nitrogens with two attached hydrogens (primary N) is 1. The topological polar surface area (TPSA) is 52.3 Å². The zero-order valence-corrected chi connectivity index (χ0v) is 8.38. The van der Waals surface area contributed by atoms with Crippen LogP contribution in [0.25, 0.3) is 0 Å². The fourth-order valence-electron chi connectivity index (χ4n) is 1.14. The lowest BCUT2D eigenvalue weighted by Crippen LogP contribution is -2.11. The summed E-state index contributed by atoms with van der Waals surface area (Å²) in [7, 11) is 1.18. The number of methoxy groups -OCH3 is 1. The number of esters is 1. The van der Waals surface area contributed by atoms with E-state index in [-0.39, 0.29) is 16.8 Å². The van der Waals surface area contributed by atoms with Gasteiger partial charge in [0.15, 0.2) is 0 Å². The maximum absolute atomic E-state index is 13.0. The number of rotatable bonds is 2. The molecule has 0 heterocycles. The highest BCUT2D eigenvalue weighted by molar-refractivity contribution is 5.90. The third-order valence-corrected chi connectivity index (χ3v) is 1.88. The predicted octanol–water partition coefficient (Wildman–Crippen LogP) is 2.17. The van der Waals surface area contributed by atoms with E-state index in [0.717, 1.165) is 19.1 Å². The van der Waals surface area contributed by atoms with E-state index < -0.39 is 11.9 Å². The number of nitrogen functional groups attached to an aromatic ring is 1. The van der Waals surface area contributed by atoms with Crippen LogP contribution in [0.5, 0.6) is 0 Å². The lowest BCUT2D eigenvalue weighted by atomic mass is 10.1. The van der Waals surface area contributed by atoms with Gasteiger partial charge in [-0.15, -0.1) is 0 Å². The van der Waals surface area contributed by atoms with Gasteiger partial charge in [0.2, 0.25) is 0 Å². The molecule has 15 heavy (non-hydrogen) atoms. The Morgan fingerprint density at radius 2 is 2.00 bits per heavy atom. The minimum absolute atomic E-state index is 0.0222. The van der Waals surface area contributed by atoms with E-state index in [9.17, 15) is 13.6 Å². The first-order valence-corrected chi connectivity index (χ1v) is 4.22. The number of hydrogen-bond acceptors (Lipinski definition) is 3. The highest BCUT2D eigenvalue weighted by Gasteiger charge is 2.25. The third-order valence-electron chi connectivity index (χ3n) is 1.88. The van der Waals surface area contributed by atoms with Crippen LogP contribution in [0.4, 0.5) is 14.5 Å². The van der Waals surface area contributed by atoms with Gasteiger partial charge in [0.25, 0.3) is 5.92 Å². The van der Waals surface area contributed by atoms with E-state index in [4.69, 9.17) is 5.73 Å². The van der Waals surface area contributed by atoms with E-state index in [2.05, 4.69) is 4.74 Å². The number of anilines is 1. The maximum Gasteiger partial charge on any atom is 0.337 e. The average Bonchev–Trinajstić information content (AvgIpc) is 2.14. The van der Waals surface area contributed by atoms with Crippen LogP contribution in [0.15, 0.2) is 18.2 Å². The quantitative estimate of drug-likeness (QED) is 0.607. The number of ether oxygens (including phenoxy) is 1. The van der Waals surface area contributed by atoms with Crippen molar-refractivity contribution in [3.63, 3.8) is 0 Å². The van der Waals surface area contributed by atoms with E-state index >= 15 is 0 Å². The minimum Gasteiger partial charge on any atom is -0.465 e. The molecule has 82 valence electrons. The molecule has 0 fully saturated rings. The fourth-order valence-corrected chi connectivity index (χ4v) is 1.14. The highest BCUT2D eigenvalue weighted by atomic mass is 19.3. The average molecular weight is 215 g/mol. The number of halogens is 2. The van der Waals surface area contributed by atoms with Gasteiger partial charge in [0, 0.05) is 18.2 Å². The van der Waals surface area contributed by atoms with Gasteiger partial charge >= 0.3 is 5.97 Å². The molecule has 0 saturated heterocycles. The summed E-state index contributed by atoms with van der Waals surface area (Å²) < 4.78 is 30.4. The molecule has 2 N–H and O–H groups in total. The molecular formula is C10H11F2NO2. The van der Waals surface area contributed by atoms with Gasteiger partial charge in [-0.3, -0.25) is 0 Å². The molecule has 0 aliphatic rings. The monoisotopic (exact) mass is 215 g/mol. The standard InChI is InChI=1S/C10H11F2NO2/c1-10(11,12)7-3-6(9(14)15-2)4-8(13)5-7/h3-5H,13H2,1-2H3. The summed E-state index contributed by atoms with van der Waals surface area (Å²) in [5.41, 5.74) is 5.23. The molecule has 0 atom stereocenters. The number of benzene rings is 1. The fraction of sp³-hybridized carbons (Fsp3) is 0.300. The van der Waals surface area contributed by atoms with Crippen LogP contribution < -0.4 is 5.73 Å². The van der Waals surface area contributed by atoms with Crippen LogP contribution in [0.3, 0.4) is 0 Å². The van der Waals surface area contributed by atoms with Crippen molar-refractivity contribution >= 4 is 11.7 Å². The van der Waals surface area contributed by atoms with Crippen molar-refractivity contribution in [1.82, 2.24) is 0 Å². The van der Waals surface area contributed by atoms with Gasteiger partial charge in [-0.1, -0.05) is 0 Å². The molecule has 3 nitrogen and oxygen atoms in total. The van der Waals surface area contributed by atoms with Crippen LogP contribution >= 0.6 is 0 Å². The summed E-state index contributed by atoms with van der Waals surface area (Å²) >= 11 is 0. The van der Waals surface area contributed by atoms with Crippen LogP contribution in [0, 0.1) is 0 Å². The van der Waals surface area contributed by atoms with Crippen molar-refractivity contribution in [2.24, 2.45) is 0 Å². The maximum atomic E-state index is 13.0. The number of hydrogen-bond donors (Lipinski definition) is 1. The first-order chi connectivity index (χ1) is 6.84. The van der Waals surface area contributed by atoms with Crippen molar-refractivity contribution in [2.45, 2.75) is 12.8 Å². The summed E-state index contributed by atoms with van der Waals surface area (Å²) in [5.74, 6) is -3.72. The number of carbonyl (C=O) groups is 1. The van der Waals surface area contributed by atoms with E-state index in [1.54, 1.807) is 0 Å². The van der Waals surface area contributed by atoms with Gasteiger partial charge in [-0.25, -0.2) is 13.6 Å². The lowest BCUT2D eigenvalue weighted by molar-refractivity contribution is 0.0174. The first kappa shape index (κ1) is 11.4. The van der Waals surface area contributed by atoms with Crippen molar-refractivity contribution in [2.75, 3.05) is 12.8 Å². The molecule has 0 unspecified atom stereocenters. The Labute approximate surface area is 85.8 Å². The molecule has 0 amide bonds. The second-order valence-corrected chi connectivity index (χ2v) is 3.22. The van der Waals surface area contributed by atoms with Gasteiger partial charge in [0.05, 0.1) is 12.7 Å². The van der Waals surface area contributed by atoms with Crippen LogP contribution in [-0.2, 0) is 10.7 Å². The summed E-state index contributed by atoms with van der Waals surface area (Å²) in [4.78, 5) is 11.1. The van der Waals surface area contributed by atoms with Crippen molar-refractivity contribution in [3.8, 4) is 0 Å². The van der Waals surface area contributed by atoms with E-state index in [1.165, 1.54) is 13.2 Å². The smallest absolute Gasteiger partial charge is 0.337 e. The van der Waals surface area contributed by atoms with Gasteiger partial charge < -0.3 is 10.5 Å². The Kier molecular flexibility index (Phi) is 2.93. The molecule has 0 spiro atoms. The molecule has 0 aliphatic carbocycles. The highest BCUT2D eigenvalue weighted by Crippen LogP contribution is 2.29. The Balaban J connectivity index is 3.23. The van der Waals surface area contributed by atoms with E-state index in [1.807, 2.05) is 0 Å². The Bertz CT molecular complexity index is 385. The molecule has 0 aromatic heterocycles. The molecule has 1 aromatic rings. The van der Waals surface area contributed by atoms with Crippen molar-refractivity contribution < 1.29 is 18.3 Å². The van der Waals surface area contributed by atoms with Gasteiger partial charge in [0.1, 0.15) is 0 Å².